The minimum Gasteiger partial charge on any atom is -0.562 e. The van der Waals surface area contributed by atoms with Gasteiger partial charge in [0.15, 0.2) is 5.97 Å². The molecule has 0 aliphatic heterocycles. The van der Waals surface area contributed by atoms with Gasteiger partial charge in [0.05, 0.1) is 0 Å². The van der Waals surface area contributed by atoms with Crippen LogP contribution < -0.4 is 0 Å². The summed E-state index contributed by atoms with van der Waals surface area (Å²) in [6.07, 6.45) is 0. The number of carboxylic acid groups (broad SMARTS) is 1. The Morgan fingerprint density at radius 3 is 1.86 bits per heavy atom. The Hall–Kier alpha value is -0.284. The Bertz CT molecular complexity index is 75.7. The fourth-order valence-corrected chi connectivity index (χ4v) is 0. The van der Waals surface area contributed by atoms with Crippen LogP contribution in [0.15, 0.2) is 5.57 Å². The van der Waals surface area contributed by atoms with E-state index in [-0.39, 0.29) is 22.4 Å². The molecule has 0 saturated carbocycles. The second-order valence-corrected chi connectivity index (χ2v) is 0.988. The molecule has 0 aromatic carbocycles. The minimum atomic E-state index is -1.05. The van der Waals surface area contributed by atoms with Crippen LogP contribution in [0.2, 0.25) is 0 Å². The molecule has 1 radical (unpaired) electrons. The maximum absolute atomic E-state index is 9.54. The van der Waals surface area contributed by atoms with Crippen molar-refractivity contribution in [1.29, 1.82) is 0 Å². The standard InChI is InChI=1S/C4H5O2.Co/c1-3(2)4(5)6;/h1H,2H3,(H,5,6);/q-1;. The van der Waals surface area contributed by atoms with Gasteiger partial charge in [0.2, 0.25) is 0 Å². The molecule has 2 nitrogen and oxygen atoms in total. The molecule has 0 aliphatic carbocycles. The predicted octanol–water partition coefficient (Wildman–Crippen LogP) is 0.448. The first-order valence-electron chi connectivity index (χ1n) is 1.47. The molecule has 0 fully saturated rings. The van der Waals surface area contributed by atoms with E-state index in [9.17, 15) is 4.79 Å². The van der Waals surface area contributed by atoms with Crippen LogP contribution in [0.4, 0.5) is 0 Å². The summed E-state index contributed by atoms with van der Waals surface area (Å²) >= 11 is 0. The van der Waals surface area contributed by atoms with Crippen molar-refractivity contribution in [2.45, 2.75) is 6.92 Å². The first-order valence-corrected chi connectivity index (χ1v) is 1.47. The summed E-state index contributed by atoms with van der Waals surface area (Å²) in [4.78, 5) is 9.54. The monoisotopic (exact) mass is 144 g/mol. The first kappa shape index (κ1) is 9.87. The van der Waals surface area contributed by atoms with Gasteiger partial charge in [-0.05, 0) is 0 Å². The smallest absolute Gasteiger partial charge is 0.168 e. The van der Waals surface area contributed by atoms with E-state index in [4.69, 9.17) is 11.7 Å². The minimum absolute atomic E-state index is 0. The zero-order valence-corrected chi connectivity index (χ0v) is 4.81. The van der Waals surface area contributed by atoms with Crippen molar-refractivity contribution in [2.75, 3.05) is 0 Å². The third-order valence-electron chi connectivity index (χ3n) is 0.337. The van der Waals surface area contributed by atoms with Gasteiger partial charge in [-0.25, -0.2) is 0 Å². The Balaban J connectivity index is 0. The van der Waals surface area contributed by atoms with Gasteiger partial charge in [-0.15, -0.1) is 5.57 Å². The predicted molar refractivity (Wildman–Crippen MR) is 21.1 cm³/mol. The maximum Gasteiger partial charge on any atom is 0.168 e. The first-order chi connectivity index (χ1) is 2.64. The van der Waals surface area contributed by atoms with Gasteiger partial charge in [-0.2, -0.15) is 0 Å². The molecular formula is C4H5CoO2-. The van der Waals surface area contributed by atoms with Gasteiger partial charge in [-0.3, -0.25) is 6.58 Å². The van der Waals surface area contributed by atoms with Crippen LogP contribution in [0, 0.1) is 6.58 Å². The molecule has 3 heteroatoms. The summed E-state index contributed by atoms with van der Waals surface area (Å²) in [7, 11) is 0. The maximum atomic E-state index is 9.54. The largest absolute Gasteiger partial charge is 0.562 e. The molecule has 1 N–H and O–H groups in total. The van der Waals surface area contributed by atoms with Gasteiger partial charge in [-0.1, -0.05) is 6.92 Å². The number of aliphatic carboxylic acids is 1. The van der Waals surface area contributed by atoms with E-state index in [1.54, 1.807) is 0 Å². The van der Waals surface area contributed by atoms with Crippen molar-refractivity contribution in [2.24, 2.45) is 0 Å². The Kier molecular flexibility index (Phi) is 5.48. The average Bonchev–Trinajstić information content (AvgIpc) is 1.36. The van der Waals surface area contributed by atoms with E-state index in [0.717, 1.165) is 0 Å². The summed E-state index contributed by atoms with van der Waals surface area (Å²) in [5.41, 5.74) is -0.0741. The van der Waals surface area contributed by atoms with E-state index in [1.165, 1.54) is 6.92 Å². The molecular weight excluding hydrogens is 139 g/mol. The normalized spacial score (nSPS) is 6.43. The van der Waals surface area contributed by atoms with Gasteiger partial charge in [0.25, 0.3) is 0 Å². The van der Waals surface area contributed by atoms with Crippen LogP contribution in [-0.2, 0) is 21.6 Å². The van der Waals surface area contributed by atoms with Crippen LogP contribution in [0.5, 0.6) is 0 Å². The number of rotatable bonds is 1. The molecule has 0 heterocycles. The molecule has 7 heavy (non-hydrogen) atoms. The molecule has 0 rings (SSSR count). The molecule has 0 bridgehead atoms. The van der Waals surface area contributed by atoms with Crippen molar-refractivity contribution in [3.63, 3.8) is 0 Å². The molecule has 0 aromatic rings. The number of hydrogen-bond donors (Lipinski definition) is 1. The van der Waals surface area contributed by atoms with Gasteiger partial charge in [0.1, 0.15) is 0 Å². The fraction of sp³-hybridized carbons (Fsp3) is 0.250. The van der Waals surface area contributed by atoms with Crippen molar-refractivity contribution in [3.05, 3.63) is 12.2 Å². The Morgan fingerprint density at radius 1 is 1.71 bits per heavy atom. The van der Waals surface area contributed by atoms with Crippen LogP contribution in [0.25, 0.3) is 0 Å². The topological polar surface area (TPSA) is 37.3 Å². The van der Waals surface area contributed by atoms with E-state index in [0.29, 0.717) is 0 Å². The van der Waals surface area contributed by atoms with Crippen LogP contribution in [0.3, 0.4) is 0 Å². The third kappa shape index (κ3) is 5.72. The van der Waals surface area contributed by atoms with Crippen molar-refractivity contribution in [3.8, 4) is 0 Å². The summed E-state index contributed by atoms with van der Waals surface area (Å²) in [6.45, 7) is 6.09. The van der Waals surface area contributed by atoms with Crippen molar-refractivity contribution >= 4 is 5.97 Å². The summed E-state index contributed by atoms with van der Waals surface area (Å²) in [5, 5.41) is 7.83. The molecule has 0 aliphatic rings. The van der Waals surface area contributed by atoms with Crippen LogP contribution >= 0.6 is 0 Å². The van der Waals surface area contributed by atoms with Gasteiger partial charge >= 0.3 is 0 Å². The van der Waals surface area contributed by atoms with Gasteiger partial charge in [0, 0.05) is 16.8 Å². The van der Waals surface area contributed by atoms with E-state index >= 15 is 0 Å². The van der Waals surface area contributed by atoms with E-state index in [1.807, 2.05) is 0 Å². The number of carboxylic acids is 1. The Morgan fingerprint density at radius 2 is 1.86 bits per heavy atom. The molecule has 0 amide bonds. The number of carbonyl (C=O) groups is 1. The SMILES string of the molecule is [CH-]=C(C)C(=O)O.[Co]. The molecule has 0 unspecified atom stereocenters. The third-order valence-corrected chi connectivity index (χ3v) is 0.337. The zero-order chi connectivity index (χ0) is 5.15. The average molecular weight is 144 g/mol. The van der Waals surface area contributed by atoms with Gasteiger partial charge < -0.3 is 9.90 Å². The quantitative estimate of drug-likeness (QED) is 0.428. The second kappa shape index (κ2) is 3.89. The van der Waals surface area contributed by atoms with E-state index < -0.39 is 5.97 Å². The van der Waals surface area contributed by atoms with E-state index in [2.05, 4.69) is 0 Å². The Labute approximate surface area is 52.4 Å². The molecule has 0 aromatic heterocycles. The molecule has 0 spiro atoms. The number of hydrogen-bond acceptors (Lipinski definition) is 1. The summed E-state index contributed by atoms with van der Waals surface area (Å²) < 4.78 is 0. The van der Waals surface area contributed by atoms with Crippen LogP contribution in [0.1, 0.15) is 6.92 Å². The second-order valence-electron chi connectivity index (χ2n) is 0.988. The fourth-order valence-electron chi connectivity index (χ4n) is 0. The zero-order valence-electron chi connectivity index (χ0n) is 3.77. The van der Waals surface area contributed by atoms with Crippen molar-refractivity contribution in [1.82, 2.24) is 0 Å². The molecule has 0 atom stereocenters. The van der Waals surface area contributed by atoms with Crippen LogP contribution in [-0.4, -0.2) is 11.1 Å². The van der Waals surface area contributed by atoms with Crippen molar-refractivity contribution < 1.29 is 26.7 Å². The molecule has 43 valence electrons. The molecule has 0 saturated heterocycles. The summed E-state index contributed by atoms with van der Waals surface area (Å²) in [5.74, 6) is -1.05. The summed E-state index contributed by atoms with van der Waals surface area (Å²) in [6, 6.07) is 0.